The molecular formula is C56H82N7O10P. The van der Waals surface area contributed by atoms with Crippen LogP contribution in [0.2, 0.25) is 0 Å². The monoisotopic (exact) mass is 1040 g/mol. The zero-order valence-corrected chi connectivity index (χ0v) is 46.1. The number of carbonyl (C=O) groups is 7. The molecule has 1 aliphatic rings. The van der Waals surface area contributed by atoms with E-state index in [4.69, 9.17) is 9.05 Å². The Labute approximate surface area is 438 Å². The van der Waals surface area contributed by atoms with Gasteiger partial charge in [-0.1, -0.05) is 136 Å². The van der Waals surface area contributed by atoms with E-state index in [1.54, 1.807) is 86.6 Å². The van der Waals surface area contributed by atoms with Crippen molar-refractivity contribution >= 4 is 48.9 Å². The summed E-state index contributed by atoms with van der Waals surface area (Å²) in [4.78, 5) is 99.3. The van der Waals surface area contributed by atoms with Gasteiger partial charge in [-0.2, -0.15) is 0 Å². The Hall–Kier alpha value is -6.22. The summed E-state index contributed by atoms with van der Waals surface area (Å²) in [6.07, 6.45) is 1.91. The number of hydrogen-bond donors (Lipinski definition) is 6. The quantitative estimate of drug-likeness (QED) is 0.0398. The molecule has 1 fully saturated rings. The van der Waals surface area contributed by atoms with Crippen LogP contribution in [0.15, 0.2) is 91.0 Å². The molecule has 1 saturated heterocycles. The van der Waals surface area contributed by atoms with E-state index < -0.39 is 91.0 Å². The zero-order chi connectivity index (χ0) is 54.7. The maximum atomic E-state index is 15.0. The Balaban J connectivity index is 1.59. The minimum atomic E-state index is -4.23. The molecule has 74 heavy (non-hydrogen) atoms. The maximum Gasteiger partial charge on any atom is 0.452 e. The van der Waals surface area contributed by atoms with Crippen molar-refractivity contribution < 1.29 is 47.2 Å². The van der Waals surface area contributed by atoms with Crippen molar-refractivity contribution in [3.63, 3.8) is 0 Å². The molecule has 1 aliphatic heterocycles. The topological polar surface area (TPSA) is 230 Å². The molecule has 7 atom stereocenters. The molecule has 406 valence electrons. The van der Waals surface area contributed by atoms with Gasteiger partial charge in [-0.15, -0.1) is 0 Å². The van der Waals surface area contributed by atoms with Gasteiger partial charge in [0.2, 0.25) is 41.4 Å². The molecule has 0 saturated carbocycles. The first-order valence-corrected chi connectivity index (χ1v) is 27.8. The largest absolute Gasteiger partial charge is 0.452 e. The fourth-order valence-corrected chi connectivity index (χ4v) is 10.9. The molecule has 0 aliphatic carbocycles. The third-order valence-electron chi connectivity index (χ3n) is 12.5. The molecule has 0 spiro atoms. The lowest BCUT2D eigenvalue weighted by atomic mass is 9.98. The van der Waals surface area contributed by atoms with Crippen molar-refractivity contribution in [2.75, 3.05) is 6.54 Å². The number of para-hydroxylation sites is 2. The lowest BCUT2D eigenvalue weighted by Crippen LogP contribution is -2.61. The molecule has 1 unspecified atom stereocenters. The van der Waals surface area contributed by atoms with E-state index in [0.717, 1.165) is 5.56 Å². The molecule has 17 nitrogen and oxygen atoms in total. The number of rotatable bonds is 28. The molecule has 1 heterocycles. The third kappa shape index (κ3) is 19.2. The van der Waals surface area contributed by atoms with Crippen LogP contribution in [-0.4, -0.2) is 94.8 Å². The van der Waals surface area contributed by atoms with E-state index in [2.05, 4.69) is 31.9 Å². The number of hydrogen-bond acceptors (Lipinski definition) is 10. The summed E-state index contributed by atoms with van der Waals surface area (Å²) in [6, 6.07) is 19.8. The summed E-state index contributed by atoms with van der Waals surface area (Å²) in [5.41, 5.74) is 0.727. The van der Waals surface area contributed by atoms with Gasteiger partial charge in [-0.25, -0.2) is 4.57 Å². The van der Waals surface area contributed by atoms with Crippen molar-refractivity contribution in [1.29, 1.82) is 0 Å². The van der Waals surface area contributed by atoms with Crippen LogP contribution in [0.1, 0.15) is 120 Å². The zero-order valence-electron chi connectivity index (χ0n) is 45.2. The number of likely N-dealkylation sites (tertiary alicyclic amines) is 1. The average Bonchev–Trinajstić information content (AvgIpc) is 3.83. The fourth-order valence-electron chi connectivity index (χ4n) is 8.83. The van der Waals surface area contributed by atoms with E-state index in [1.807, 2.05) is 73.6 Å². The highest BCUT2D eigenvalue weighted by atomic mass is 31.2. The van der Waals surface area contributed by atoms with Crippen molar-refractivity contribution in [2.24, 2.45) is 29.6 Å². The van der Waals surface area contributed by atoms with Crippen LogP contribution in [0.4, 0.5) is 0 Å². The normalized spacial score (nSPS) is 16.2. The van der Waals surface area contributed by atoms with E-state index in [0.29, 0.717) is 19.4 Å². The first-order chi connectivity index (χ1) is 35.0. The molecule has 3 aromatic carbocycles. The molecule has 0 bridgehead atoms. The maximum absolute atomic E-state index is 15.0. The summed E-state index contributed by atoms with van der Waals surface area (Å²) >= 11 is 0. The van der Waals surface area contributed by atoms with Gasteiger partial charge in [0.1, 0.15) is 47.8 Å². The second kappa shape index (κ2) is 29.0. The number of benzene rings is 3. The molecule has 4 rings (SSSR count). The number of nitrogens with zero attached hydrogens (tertiary/aromatic N) is 1. The van der Waals surface area contributed by atoms with Crippen LogP contribution < -0.4 is 40.9 Å². The predicted octanol–water partition coefficient (Wildman–Crippen LogP) is 7.30. The second-order valence-electron chi connectivity index (χ2n) is 21.4. The fraction of sp³-hybridized carbons (Fsp3) is 0.554. The minimum Gasteiger partial charge on any atom is -0.415 e. The Kier molecular flexibility index (Phi) is 23.7. The van der Waals surface area contributed by atoms with Gasteiger partial charge in [0, 0.05) is 19.9 Å². The Morgan fingerprint density at radius 2 is 0.919 bits per heavy atom. The molecule has 18 heteroatoms. The molecule has 6 N–H and O–H groups in total. The lowest BCUT2D eigenvalue weighted by Gasteiger charge is -2.31. The van der Waals surface area contributed by atoms with Crippen LogP contribution in [0.25, 0.3) is 0 Å². The lowest BCUT2D eigenvalue weighted by molar-refractivity contribution is -0.139. The van der Waals surface area contributed by atoms with Gasteiger partial charge >= 0.3 is 7.60 Å². The smallest absolute Gasteiger partial charge is 0.415 e. The predicted molar refractivity (Wildman–Crippen MR) is 287 cm³/mol. The standard InChI is InChI=1S/C56H82N7O10P/c1-35(2)30-44(52(66)59-46(32-37(5)6)54(68)61-49(33-38(7)8)74(71,72-42-24-17-13-18-25-42)73-43-26-19-14-20-27-43)57-51(65)45(31-36(3)4)58-53(67)47(34-41-22-15-12-16-23-41)60-56(70)50(39(9)10)62-55(69)48-28-21-29-63(48)40(11)64/h12-20,22-27,35-39,44-50H,21,28-34H2,1-11H3,(H,57,65)(H,58,67)(H,59,66)(H,60,70)(H,61,68)(H,62,69)/t44-,45-,46-,47-,48-,49?,50-/m0/s1. The van der Waals surface area contributed by atoms with Gasteiger partial charge in [-0.3, -0.25) is 33.6 Å². The molecule has 7 amide bonds. The number of carbonyl (C=O) groups excluding carboxylic acids is 7. The summed E-state index contributed by atoms with van der Waals surface area (Å²) in [6.45, 7) is 20.6. The van der Waals surface area contributed by atoms with Crippen molar-refractivity contribution in [3.05, 3.63) is 96.6 Å². The van der Waals surface area contributed by atoms with Gasteiger partial charge in [0.15, 0.2) is 5.78 Å². The molecule has 3 aromatic rings. The van der Waals surface area contributed by atoms with Crippen molar-refractivity contribution in [2.45, 2.75) is 163 Å². The van der Waals surface area contributed by atoms with E-state index in [9.17, 15) is 33.6 Å². The van der Waals surface area contributed by atoms with E-state index in [-0.39, 0.29) is 73.2 Å². The van der Waals surface area contributed by atoms with Crippen molar-refractivity contribution in [3.8, 4) is 11.5 Å². The summed E-state index contributed by atoms with van der Waals surface area (Å²) in [5, 5.41) is 17.3. The van der Waals surface area contributed by atoms with E-state index in [1.165, 1.54) is 11.8 Å². The van der Waals surface area contributed by atoms with Gasteiger partial charge in [0.05, 0.1) is 0 Å². The Bertz CT molecular complexity index is 2310. The first kappa shape index (κ1) is 60.3. The van der Waals surface area contributed by atoms with Crippen LogP contribution >= 0.6 is 7.60 Å². The SMILES string of the molecule is CC(=O)N1CCC[C@H]1C(=O)N[C@H](C(=O)N[C@@H](Cc1ccccc1)C(=O)N[C@@H](CC(C)C)C(=O)N[C@@H](CC(C)C)C(=O)N[C@@H](CC(C)C)C(=O)NC(CC(C)C)P(=O)(Oc1ccccc1)Oc1ccccc1)C(C)C. The van der Waals surface area contributed by atoms with Gasteiger partial charge in [0.25, 0.3) is 0 Å². The third-order valence-corrected chi connectivity index (χ3v) is 14.5. The van der Waals surface area contributed by atoms with E-state index >= 15 is 4.57 Å². The summed E-state index contributed by atoms with van der Waals surface area (Å²) in [7, 11) is -4.23. The Morgan fingerprint density at radius 1 is 0.527 bits per heavy atom. The van der Waals surface area contributed by atoms with Crippen LogP contribution in [0.5, 0.6) is 11.5 Å². The molecular weight excluding hydrogens is 962 g/mol. The van der Waals surface area contributed by atoms with Crippen molar-refractivity contribution in [1.82, 2.24) is 36.8 Å². The average molecular weight is 1040 g/mol. The number of amides is 7. The van der Waals surface area contributed by atoms with Crippen LogP contribution in [-0.2, 0) is 44.5 Å². The summed E-state index contributed by atoms with van der Waals surface area (Å²) in [5.74, 6) is -5.21. The summed E-state index contributed by atoms with van der Waals surface area (Å²) < 4.78 is 27.3. The van der Waals surface area contributed by atoms with Crippen LogP contribution in [0, 0.1) is 29.6 Å². The first-order valence-electron chi connectivity index (χ1n) is 26.2. The molecule has 0 aromatic heterocycles. The minimum absolute atomic E-state index is 0.0514. The Morgan fingerprint density at radius 3 is 1.32 bits per heavy atom. The highest BCUT2D eigenvalue weighted by molar-refractivity contribution is 7.55. The molecule has 0 radical (unpaired) electrons. The van der Waals surface area contributed by atoms with Gasteiger partial charge < -0.3 is 45.8 Å². The highest BCUT2D eigenvalue weighted by Crippen LogP contribution is 2.53. The number of nitrogens with one attached hydrogen (secondary N) is 6. The van der Waals surface area contributed by atoms with Gasteiger partial charge in [-0.05, 0) is 97.9 Å². The second-order valence-corrected chi connectivity index (χ2v) is 23.5. The highest BCUT2D eigenvalue weighted by Gasteiger charge is 2.43. The van der Waals surface area contributed by atoms with Crippen LogP contribution in [0.3, 0.4) is 0 Å².